The lowest BCUT2D eigenvalue weighted by Gasteiger charge is -2.06. The van der Waals surface area contributed by atoms with E-state index in [0.29, 0.717) is 26.7 Å². The summed E-state index contributed by atoms with van der Waals surface area (Å²) in [5.74, 6) is -0.0848. The van der Waals surface area contributed by atoms with Crippen molar-refractivity contribution in [2.75, 3.05) is 18.2 Å². The quantitative estimate of drug-likeness (QED) is 0.634. The number of amides is 1. The topological polar surface area (TPSA) is 102 Å². The summed E-state index contributed by atoms with van der Waals surface area (Å²) >= 11 is 1.18. The van der Waals surface area contributed by atoms with Crippen molar-refractivity contribution in [1.29, 1.82) is 0 Å². The van der Waals surface area contributed by atoms with Crippen LogP contribution in [0, 0.1) is 0 Å². The third-order valence-electron chi connectivity index (χ3n) is 3.64. The highest BCUT2D eigenvalue weighted by Gasteiger charge is 2.12. The summed E-state index contributed by atoms with van der Waals surface area (Å²) in [6.45, 7) is 1.21. The molecule has 3 rings (SSSR count). The van der Waals surface area contributed by atoms with Gasteiger partial charge in [0.15, 0.2) is 27.4 Å². The summed E-state index contributed by atoms with van der Waals surface area (Å²) < 4.78 is 29.3. The summed E-state index contributed by atoms with van der Waals surface area (Å²) in [5, 5.41) is 2.97. The van der Waals surface area contributed by atoms with Gasteiger partial charge in [-0.1, -0.05) is 23.5 Å². The van der Waals surface area contributed by atoms with E-state index in [1.807, 2.05) is 0 Å². The lowest BCUT2D eigenvalue weighted by Crippen LogP contribution is -2.20. The first-order chi connectivity index (χ1) is 12.7. The highest BCUT2D eigenvalue weighted by atomic mass is 32.2. The first-order valence-electron chi connectivity index (χ1n) is 7.87. The number of aromatic nitrogens is 1. The second-order valence-corrected chi connectivity index (χ2v) is 8.89. The number of ketones is 1. The number of fused-ring (bicyclic) bond motifs is 1. The van der Waals surface area contributed by atoms with Crippen molar-refractivity contribution in [3.63, 3.8) is 0 Å². The van der Waals surface area contributed by atoms with Crippen LogP contribution in [0.2, 0.25) is 0 Å². The van der Waals surface area contributed by atoms with Crippen molar-refractivity contribution in [1.82, 2.24) is 4.98 Å². The van der Waals surface area contributed by atoms with Gasteiger partial charge in [0.2, 0.25) is 0 Å². The molecule has 0 bridgehead atoms. The molecule has 0 unspecified atom stereocenters. The highest BCUT2D eigenvalue weighted by Crippen LogP contribution is 2.28. The zero-order valence-corrected chi connectivity index (χ0v) is 16.2. The van der Waals surface area contributed by atoms with Gasteiger partial charge < -0.3 is 4.74 Å². The van der Waals surface area contributed by atoms with Crippen molar-refractivity contribution < 1.29 is 22.7 Å². The second kappa shape index (κ2) is 7.45. The second-order valence-electron chi connectivity index (χ2n) is 5.84. The molecule has 0 radical (unpaired) electrons. The maximum absolute atomic E-state index is 12.1. The number of benzene rings is 2. The summed E-state index contributed by atoms with van der Waals surface area (Å²) in [6, 6.07) is 11.2. The Labute approximate surface area is 159 Å². The summed E-state index contributed by atoms with van der Waals surface area (Å²) in [5.41, 5.74) is 1.10. The predicted octanol–water partition coefficient (Wildman–Crippen LogP) is 2.92. The van der Waals surface area contributed by atoms with Gasteiger partial charge in [-0.2, -0.15) is 0 Å². The molecule has 0 fully saturated rings. The van der Waals surface area contributed by atoms with Crippen LogP contribution in [-0.4, -0.2) is 38.0 Å². The Kier molecular flexibility index (Phi) is 5.24. The van der Waals surface area contributed by atoms with Gasteiger partial charge in [-0.25, -0.2) is 13.4 Å². The number of hydrogen-bond donors (Lipinski definition) is 1. The molecule has 1 amide bonds. The summed E-state index contributed by atoms with van der Waals surface area (Å²) in [4.78, 5) is 27.9. The summed E-state index contributed by atoms with van der Waals surface area (Å²) in [6.07, 6.45) is 1.14. The van der Waals surface area contributed by atoms with Crippen LogP contribution < -0.4 is 10.1 Å². The Morgan fingerprint density at radius 3 is 2.67 bits per heavy atom. The number of nitrogens with one attached hydrogen (secondary N) is 1. The fraction of sp³-hybridized carbons (Fsp3) is 0.167. The Morgan fingerprint density at radius 2 is 1.96 bits per heavy atom. The number of carbonyl (C=O) groups excluding carboxylic acids is 2. The number of thiazole rings is 1. The monoisotopic (exact) mass is 404 g/mol. The maximum atomic E-state index is 12.1. The minimum absolute atomic E-state index is 0.0900. The third kappa shape index (κ3) is 4.69. The fourth-order valence-corrected chi connectivity index (χ4v) is 3.94. The minimum atomic E-state index is -3.31. The number of hydrogen-bond acceptors (Lipinski definition) is 7. The van der Waals surface area contributed by atoms with Crippen LogP contribution in [0.4, 0.5) is 5.13 Å². The Bertz CT molecular complexity index is 1140. The molecule has 27 heavy (non-hydrogen) atoms. The van der Waals surface area contributed by atoms with Crippen molar-refractivity contribution in [3.05, 3.63) is 48.0 Å². The molecular formula is C18H16N2O5S2. The molecule has 9 heteroatoms. The van der Waals surface area contributed by atoms with Crippen LogP contribution in [0.15, 0.2) is 47.4 Å². The molecule has 1 aromatic heterocycles. The van der Waals surface area contributed by atoms with Gasteiger partial charge in [0.25, 0.3) is 5.91 Å². The Balaban J connectivity index is 1.67. The van der Waals surface area contributed by atoms with Crippen LogP contribution in [0.1, 0.15) is 17.3 Å². The van der Waals surface area contributed by atoms with Crippen LogP contribution in [0.3, 0.4) is 0 Å². The Morgan fingerprint density at radius 1 is 1.19 bits per heavy atom. The van der Waals surface area contributed by atoms with Crippen molar-refractivity contribution in [3.8, 4) is 5.75 Å². The SMILES string of the molecule is CC(=O)c1cccc(OCC(=O)Nc2nc3ccc(S(C)(=O)=O)cc3s2)c1. The van der Waals surface area contributed by atoms with Gasteiger partial charge in [0.05, 0.1) is 15.1 Å². The van der Waals surface area contributed by atoms with E-state index in [4.69, 9.17) is 4.74 Å². The first-order valence-corrected chi connectivity index (χ1v) is 10.6. The van der Waals surface area contributed by atoms with E-state index in [-0.39, 0.29) is 17.3 Å². The molecule has 0 aliphatic rings. The van der Waals surface area contributed by atoms with E-state index in [9.17, 15) is 18.0 Å². The van der Waals surface area contributed by atoms with Crippen LogP contribution in [-0.2, 0) is 14.6 Å². The fourth-order valence-electron chi connectivity index (χ4n) is 2.30. The molecular weight excluding hydrogens is 388 g/mol. The molecule has 0 aliphatic heterocycles. The third-order valence-corrected chi connectivity index (χ3v) is 5.69. The molecule has 0 spiro atoms. The largest absolute Gasteiger partial charge is 0.484 e. The van der Waals surface area contributed by atoms with Crippen molar-refractivity contribution in [2.45, 2.75) is 11.8 Å². The van der Waals surface area contributed by atoms with Gasteiger partial charge in [0, 0.05) is 11.8 Å². The lowest BCUT2D eigenvalue weighted by atomic mass is 10.1. The molecule has 140 valence electrons. The smallest absolute Gasteiger partial charge is 0.264 e. The minimum Gasteiger partial charge on any atom is -0.484 e. The van der Waals surface area contributed by atoms with Crippen LogP contribution >= 0.6 is 11.3 Å². The number of ether oxygens (including phenoxy) is 1. The van der Waals surface area contributed by atoms with E-state index < -0.39 is 15.7 Å². The normalized spacial score (nSPS) is 11.3. The van der Waals surface area contributed by atoms with E-state index in [0.717, 1.165) is 6.26 Å². The zero-order valence-electron chi connectivity index (χ0n) is 14.6. The van der Waals surface area contributed by atoms with Crippen molar-refractivity contribution in [2.24, 2.45) is 0 Å². The van der Waals surface area contributed by atoms with E-state index >= 15 is 0 Å². The van der Waals surface area contributed by atoms with Gasteiger partial charge in [-0.3, -0.25) is 14.9 Å². The molecule has 0 saturated carbocycles. The standard InChI is InChI=1S/C18H16N2O5S2/c1-11(21)12-4-3-5-13(8-12)25-10-17(22)20-18-19-15-7-6-14(27(2,23)24)9-16(15)26-18/h3-9H,10H2,1-2H3,(H,19,20,22). The molecule has 7 nitrogen and oxygen atoms in total. The predicted molar refractivity (Wildman–Crippen MR) is 103 cm³/mol. The molecule has 1 heterocycles. The molecule has 2 aromatic carbocycles. The van der Waals surface area contributed by atoms with E-state index in [1.54, 1.807) is 30.3 Å². The number of anilines is 1. The van der Waals surface area contributed by atoms with Gasteiger partial charge in [0.1, 0.15) is 5.75 Å². The number of Topliss-reactive ketones (excluding diaryl/α,β-unsaturated/α-hetero) is 1. The first kappa shape index (κ1) is 19.0. The van der Waals surface area contributed by atoms with Crippen LogP contribution in [0.5, 0.6) is 5.75 Å². The van der Waals surface area contributed by atoms with Crippen molar-refractivity contribution >= 4 is 48.2 Å². The molecule has 1 N–H and O–H groups in total. The number of nitrogens with zero attached hydrogens (tertiary/aromatic N) is 1. The van der Waals surface area contributed by atoms with E-state index in [2.05, 4.69) is 10.3 Å². The average Bonchev–Trinajstić information content (AvgIpc) is 3.00. The Hall–Kier alpha value is -2.78. The maximum Gasteiger partial charge on any atom is 0.264 e. The highest BCUT2D eigenvalue weighted by molar-refractivity contribution is 7.90. The van der Waals surface area contributed by atoms with E-state index in [1.165, 1.54) is 30.4 Å². The molecule has 0 saturated heterocycles. The van der Waals surface area contributed by atoms with Gasteiger partial charge in [-0.05, 0) is 37.3 Å². The van der Waals surface area contributed by atoms with Crippen LogP contribution in [0.25, 0.3) is 10.2 Å². The van der Waals surface area contributed by atoms with Gasteiger partial charge >= 0.3 is 0 Å². The number of rotatable bonds is 6. The molecule has 0 aliphatic carbocycles. The number of carbonyl (C=O) groups is 2. The summed E-state index contributed by atoms with van der Waals surface area (Å²) in [7, 11) is -3.31. The molecule has 0 atom stereocenters. The average molecular weight is 404 g/mol. The lowest BCUT2D eigenvalue weighted by molar-refractivity contribution is -0.118. The zero-order chi connectivity index (χ0) is 19.6. The number of sulfone groups is 1. The molecule has 3 aromatic rings. The van der Waals surface area contributed by atoms with Gasteiger partial charge in [-0.15, -0.1) is 0 Å².